The van der Waals surface area contributed by atoms with E-state index in [0.29, 0.717) is 16.7 Å². The van der Waals surface area contributed by atoms with E-state index in [9.17, 15) is 14.9 Å². The molecular formula is C12H16BrN3O3. The summed E-state index contributed by atoms with van der Waals surface area (Å²) in [5.41, 5.74) is -0.243. The molecule has 1 aromatic rings. The molecular weight excluding hydrogens is 314 g/mol. The van der Waals surface area contributed by atoms with Gasteiger partial charge in [-0.1, -0.05) is 6.92 Å². The van der Waals surface area contributed by atoms with Crippen LogP contribution in [0.15, 0.2) is 22.7 Å². The number of amides is 1. The van der Waals surface area contributed by atoms with Gasteiger partial charge in [-0.05, 0) is 42.4 Å². The van der Waals surface area contributed by atoms with Crippen molar-refractivity contribution in [3.8, 4) is 0 Å². The number of likely N-dealkylation sites (N-methyl/N-ethyl adjacent to an activating group) is 1. The first-order valence-electron chi connectivity index (χ1n) is 5.78. The molecule has 0 unspecified atom stereocenters. The highest BCUT2D eigenvalue weighted by molar-refractivity contribution is 9.10. The molecule has 0 aliphatic carbocycles. The molecule has 0 bridgehead atoms. The van der Waals surface area contributed by atoms with E-state index in [4.69, 9.17) is 0 Å². The summed E-state index contributed by atoms with van der Waals surface area (Å²) in [7, 11) is 0. The monoisotopic (exact) mass is 329 g/mol. The number of hydrogen-bond acceptors (Lipinski definition) is 4. The van der Waals surface area contributed by atoms with Gasteiger partial charge in [0.1, 0.15) is 0 Å². The summed E-state index contributed by atoms with van der Waals surface area (Å²) in [5, 5.41) is 16.4. The SMILES string of the molecule is CCNC(C)(C)C(=O)Nc1ccc([N+](=O)[O-])cc1Br. The Morgan fingerprint density at radius 2 is 2.11 bits per heavy atom. The second-order valence-electron chi connectivity index (χ2n) is 4.53. The Balaban J connectivity index is 2.89. The van der Waals surface area contributed by atoms with Gasteiger partial charge in [0, 0.05) is 16.6 Å². The van der Waals surface area contributed by atoms with E-state index in [-0.39, 0.29) is 11.6 Å². The molecule has 19 heavy (non-hydrogen) atoms. The quantitative estimate of drug-likeness (QED) is 0.642. The number of non-ortho nitro benzene ring substituents is 1. The number of halogens is 1. The first kappa shape index (κ1) is 15.6. The number of nitrogens with one attached hydrogen (secondary N) is 2. The maximum absolute atomic E-state index is 12.1. The van der Waals surface area contributed by atoms with Crippen LogP contribution in [0, 0.1) is 10.1 Å². The summed E-state index contributed by atoms with van der Waals surface area (Å²) in [6, 6.07) is 4.21. The van der Waals surface area contributed by atoms with Crippen molar-refractivity contribution in [2.45, 2.75) is 26.3 Å². The van der Waals surface area contributed by atoms with E-state index in [1.54, 1.807) is 13.8 Å². The largest absolute Gasteiger partial charge is 0.323 e. The second kappa shape index (κ2) is 6.12. The van der Waals surface area contributed by atoms with Crippen molar-refractivity contribution in [2.75, 3.05) is 11.9 Å². The Kier molecular flexibility index (Phi) is 5.02. The number of anilines is 1. The fourth-order valence-corrected chi connectivity index (χ4v) is 1.99. The Morgan fingerprint density at radius 1 is 1.47 bits per heavy atom. The van der Waals surface area contributed by atoms with E-state index in [1.165, 1.54) is 18.2 Å². The first-order valence-corrected chi connectivity index (χ1v) is 6.57. The molecule has 104 valence electrons. The summed E-state index contributed by atoms with van der Waals surface area (Å²) in [5.74, 6) is -0.205. The van der Waals surface area contributed by atoms with Gasteiger partial charge in [0.2, 0.25) is 5.91 Å². The van der Waals surface area contributed by atoms with Gasteiger partial charge in [0.05, 0.1) is 16.1 Å². The molecule has 1 aromatic carbocycles. The molecule has 0 spiro atoms. The van der Waals surface area contributed by atoms with E-state index in [1.807, 2.05) is 6.92 Å². The van der Waals surface area contributed by atoms with Crippen molar-refractivity contribution in [2.24, 2.45) is 0 Å². The zero-order valence-electron chi connectivity index (χ0n) is 11.0. The molecule has 0 saturated heterocycles. The predicted octanol–water partition coefficient (Wildman–Crippen LogP) is 2.68. The smallest absolute Gasteiger partial charge is 0.270 e. The molecule has 0 aromatic heterocycles. The predicted molar refractivity (Wildman–Crippen MR) is 77.2 cm³/mol. The summed E-state index contributed by atoms with van der Waals surface area (Å²) < 4.78 is 0.474. The van der Waals surface area contributed by atoms with Gasteiger partial charge in [-0.15, -0.1) is 0 Å². The zero-order valence-corrected chi connectivity index (χ0v) is 12.6. The molecule has 0 radical (unpaired) electrons. The van der Waals surface area contributed by atoms with E-state index < -0.39 is 10.5 Å². The van der Waals surface area contributed by atoms with Crippen molar-refractivity contribution < 1.29 is 9.72 Å². The molecule has 0 heterocycles. The van der Waals surface area contributed by atoms with Crippen LogP contribution < -0.4 is 10.6 Å². The number of hydrogen-bond donors (Lipinski definition) is 2. The number of carbonyl (C=O) groups excluding carboxylic acids is 1. The second-order valence-corrected chi connectivity index (χ2v) is 5.39. The van der Waals surface area contributed by atoms with Gasteiger partial charge in [-0.3, -0.25) is 14.9 Å². The third-order valence-electron chi connectivity index (χ3n) is 2.60. The van der Waals surface area contributed by atoms with Gasteiger partial charge in [0.15, 0.2) is 0 Å². The van der Waals surface area contributed by atoms with Gasteiger partial charge >= 0.3 is 0 Å². The van der Waals surface area contributed by atoms with Crippen molar-refractivity contribution in [1.29, 1.82) is 0 Å². The zero-order chi connectivity index (χ0) is 14.6. The molecule has 0 saturated carbocycles. The Labute approximate surface area is 119 Å². The van der Waals surface area contributed by atoms with Crippen LogP contribution in [0.1, 0.15) is 20.8 Å². The van der Waals surface area contributed by atoms with Crippen LogP contribution in [0.2, 0.25) is 0 Å². The maximum atomic E-state index is 12.1. The Hall–Kier alpha value is -1.47. The van der Waals surface area contributed by atoms with Gasteiger partial charge in [-0.2, -0.15) is 0 Å². The molecule has 6 nitrogen and oxygen atoms in total. The number of rotatable bonds is 5. The number of nitro groups is 1. The van der Waals surface area contributed by atoms with Crippen molar-refractivity contribution in [3.63, 3.8) is 0 Å². The van der Waals surface area contributed by atoms with Crippen molar-refractivity contribution in [1.82, 2.24) is 5.32 Å². The molecule has 0 aliphatic heterocycles. The van der Waals surface area contributed by atoms with Crippen LogP contribution in [0.25, 0.3) is 0 Å². The average Bonchev–Trinajstić information content (AvgIpc) is 2.31. The molecule has 0 atom stereocenters. The lowest BCUT2D eigenvalue weighted by molar-refractivity contribution is -0.384. The van der Waals surface area contributed by atoms with Gasteiger partial charge in [0.25, 0.3) is 5.69 Å². The molecule has 0 aliphatic rings. The minimum Gasteiger partial charge on any atom is -0.323 e. The van der Waals surface area contributed by atoms with E-state index in [2.05, 4.69) is 26.6 Å². The summed E-state index contributed by atoms with van der Waals surface area (Å²) in [6.07, 6.45) is 0. The summed E-state index contributed by atoms with van der Waals surface area (Å²) in [4.78, 5) is 22.2. The minimum atomic E-state index is -0.712. The number of nitrogens with zero attached hydrogens (tertiary/aromatic N) is 1. The highest BCUT2D eigenvalue weighted by atomic mass is 79.9. The third-order valence-corrected chi connectivity index (χ3v) is 3.25. The standard InChI is InChI=1S/C12H16BrN3O3/c1-4-14-12(2,3)11(17)15-10-6-5-8(16(18)19)7-9(10)13/h5-7,14H,4H2,1-3H3,(H,15,17). The van der Waals surface area contributed by atoms with Crippen molar-refractivity contribution >= 4 is 33.2 Å². The van der Waals surface area contributed by atoms with Crippen LogP contribution >= 0.6 is 15.9 Å². The molecule has 2 N–H and O–H groups in total. The Bertz CT molecular complexity index is 503. The fourth-order valence-electron chi connectivity index (χ4n) is 1.52. The van der Waals surface area contributed by atoms with Crippen LogP contribution in [0.3, 0.4) is 0 Å². The fraction of sp³-hybridized carbons (Fsp3) is 0.417. The van der Waals surface area contributed by atoms with Crippen LogP contribution in [0.5, 0.6) is 0 Å². The lowest BCUT2D eigenvalue weighted by Crippen LogP contribution is -2.49. The first-order chi connectivity index (χ1) is 8.77. The lowest BCUT2D eigenvalue weighted by atomic mass is 10.0. The van der Waals surface area contributed by atoms with Gasteiger partial charge < -0.3 is 10.6 Å². The van der Waals surface area contributed by atoms with Gasteiger partial charge in [-0.25, -0.2) is 0 Å². The molecule has 1 amide bonds. The van der Waals surface area contributed by atoms with Crippen LogP contribution in [0.4, 0.5) is 11.4 Å². The molecule has 0 fully saturated rings. The molecule has 1 rings (SSSR count). The maximum Gasteiger partial charge on any atom is 0.270 e. The van der Waals surface area contributed by atoms with Crippen molar-refractivity contribution in [3.05, 3.63) is 32.8 Å². The van der Waals surface area contributed by atoms with Crippen LogP contribution in [-0.2, 0) is 4.79 Å². The lowest BCUT2D eigenvalue weighted by Gasteiger charge is -2.24. The summed E-state index contributed by atoms with van der Waals surface area (Å²) >= 11 is 3.21. The topological polar surface area (TPSA) is 84.3 Å². The Morgan fingerprint density at radius 3 is 2.58 bits per heavy atom. The highest BCUT2D eigenvalue weighted by Gasteiger charge is 2.26. The normalized spacial score (nSPS) is 11.2. The average molecular weight is 330 g/mol. The summed E-state index contributed by atoms with van der Waals surface area (Å²) in [6.45, 7) is 6.12. The number of nitro benzene ring substituents is 1. The molecule has 7 heteroatoms. The van der Waals surface area contributed by atoms with Crippen LogP contribution in [-0.4, -0.2) is 22.9 Å². The van der Waals surface area contributed by atoms with E-state index in [0.717, 1.165) is 0 Å². The third kappa shape index (κ3) is 4.00. The highest BCUT2D eigenvalue weighted by Crippen LogP contribution is 2.27. The minimum absolute atomic E-state index is 0.0317. The van der Waals surface area contributed by atoms with E-state index >= 15 is 0 Å². The number of carbonyl (C=O) groups is 1. The number of benzene rings is 1.